The maximum absolute atomic E-state index is 10.8. The van der Waals surface area contributed by atoms with E-state index < -0.39 is 18.1 Å². The molecule has 1 N–H and O–H groups in total. The molecule has 0 radical (unpaired) electrons. The van der Waals surface area contributed by atoms with Gasteiger partial charge in [-0.2, -0.15) is 0 Å². The van der Waals surface area contributed by atoms with Crippen molar-refractivity contribution in [2.24, 2.45) is 0 Å². The summed E-state index contributed by atoms with van der Waals surface area (Å²) in [5, 5.41) is 8.85. The molecule has 0 unspecified atom stereocenters. The number of ether oxygens (including phenoxy) is 2. The van der Waals surface area contributed by atoms with Crippen LogP contribution in [0.5, 0.6) is 0 Å². The molecule has 1 aliphatic heterocycles. The second-order valence-corrected chi connectivity index (χ2v) is 3.00. The van der Waals surface area contributed by atoms with Crippen molar-refractivity contribution in [2.75, 3.05) is 26.9 Å². The van der Waals surface area contributed by atoms with Gasteiger partial charge in [-0.1, -0.05) is 6.08 Å². The molecule has 0 bridgehead atoms. The molecule has 1 heterocycles. The van der Waals surface area contributed by atoms with Gasteiger partial charge < -0.3 is 14.6 Å². The van der Waals surface area contributed by atoms with E-state index in [9.17, 15) is 9.59 Å². The van der Waals surface area contributed by atoms with Crippen molar-refractivity contribution in [1.82, 2.24) is 4.90 Å². The van der Waals surface area contributed by atoms with E-state index >= 15 is 0 Å². The predicted molar refractivity (Wildman–Crippen MR) is 50.5 cm³/mol. The van der Waals surface area contributed by atoms with Crippen LogP contribution in [-0.4, -0.2) is 55.0 Å². The summed E-state index contributed by atoms with van der Waals surface area (Å²) in [6, 6.07) is -0.421. The number of nitrogens with zero attached hydrogens (tertiary/aromatic N) is 1. The van der Waals surface area contributed by atoms with E-state index in [0.717, 1.165) is 0 Å². The van der Waals surface area contributed by atoms with Gasteiger partial charge in [-0.3, -0.25) is 4.90 Å². The molecule has 1 saturated heterocycles. The van der Waals surface area contributed by atoms with Gasteiger partial charge >= 0.3 is 12.1 Å². The number of carbonyl (C=O) groups is 2. The third-order valence-electron chi connectivity index (χ3n) is 2.07. The van der Waals surface area contributed by atoms with Gasteiger partial charge in [0.2, 0.25) is 0 Å². The van der Waals surface area contributed by atoms with Gasteiger partial charge in [0, 0.05) is 12.6 Å². The number of hydrogen-bond acceptors (Lipinski definition) is 4. The average Bonchev–Trinajstić information content (AvgIpc) is 2.26. The summed E-state index contributed by atoms with van der Waals surface area (Å²) >= 11 is 0. The number of amides is 1. The van der Waals surface area contributed by atoms with E-state index in [0.29, 0.717) is 13.2 Å². The van der Waals surface area contributed by atoms with Crippen molar-refractivity contribution in [3.63, 3.8) is 0 Å². The van der Waals surface area contributed by atoms with Crippen LogP contribution >= 0.6 is 0 Å². The van der Waals surface area contributed by atoms with Crippen molar-refractivity contribution < 1.29 is 24.2 Å². The molecule has 1 aliphatic rings. The lowest BCUT2D eigenvalue weighted by molar-refractivity contribution is -0.134. The predicted octanol–water partition coefficient (Wildman–Crippen LogP) is 0.0944. The standard InChI is InChI=1S/C9H13NO5/c1-14-8(11)3-2-7-6-15-5-4-10(7)9(12)13/h2-3,7H,4-6H2,1H3,(H,12,13)/b3-2+/t7-/m1/s1. The van der Waals surface area contributed by atoms with E-state index in [1.807, 2.05) is 0 Å². The molecular formula is C9H13NO5. The molecule has 0 aliphatic carbocycles. The molecule has 0 spiro atoms. The van der Waals surface area contributed by atoms with Crippen molar-refractivity contribution in [1.29, 1.82) is 0 Å². The van der Waals surface area contributed by atoms with Crippen molar-refractivity contribution >= 4 is 12.1 Å². The summed E-state index contributed by atoms with van der Waals surface area (Å²) < 4.78 is 9.52. The molecule has 6 nitrogen and oxygen atoms in total. The zero-order chi connectivity index (χ0) is 11.3. The minimum Gasteiger partial charge on any atom is -0.466 e. The number of esters is 1. The molecule has 84 valence electrons. The highest BCUT2D eigenvalue weighted by Crippen LogP contribution is 2.08. The summed E-state index contributed by atoms with van der Waals surface area (Å²) in [4.78, 5) is 22.8. The van der Waals surface area contributed by atoms with Gasteiger partial charge in [0.25, 0.3) is 0 Å². The summed E-state index contributed by atoms with van der Waals surface area (Å²) in [5.41, 5.74) is 0. The van der Waals surface area contributed by atoms with E-state index in [4.69, 9.17) is 9.84 Å². The van der Waals surface area contributed by atoms with Crippen molar-refractivity contribution in [2.45, 2.75) is 6.04 Å². The van der Waals surface area contributed by atoms with Gasteiger partial charge in [-0.05, 0) is 0 Å². The van der Waals surface area contributed by atoms with Crippen LogP contribution in [0.15, 0.2) is 12.2 Å². The van der Waals surface area contributed by atoms with Crippen LogP contribution in [0.25, 0.3) is 0 Å². The van der Waals surface area contributed by atoms with Gasteiger partial charge in [-0.25, -0.2) is 9.59 Å². The smallest absolute Gasteiger partial charge is 0.407 e. The maximum Gasteiger partial charge on any atom is 0.407 e. The number of carbonyl (C=O) groups excluding carboxylic acids is 1. The Kier molecular flexibility index (Phi) is 4.11. The van der Waals surface area contributed by atoms with Crippen LogP contribution in [0.4, 0.5) is 4.79 Å². The molecule has 6 heteroatoms. The lowest BCUT2D eigenvalue weighted by Gasteiger charge is -2.31. The summed E-state index contributed by atoms with van der Waals surface area (Å²) in [6.07, 6.45) is 1.66. The van der Waals surface area contributed by atoms with Crippen LogP contribution in [-0.2, 0) is 14.3 Å². The monoisotopic (exact) mass is 215 g/mol. The molecule has 0 aromatic rings. The topological polar surface area (TPSA) is 76.1 Å². The molecule has 0 aromatic carbocycles. The van der Waals surface area contributed by atoms with Gasteiger partial charge in [-0.15, -0.1) is 0 Å². The Hall–Kier alpha value is -1.56. The first-order valence-corrected chi connectivity index (χ1v) is 4.48. The first kappa shape index (κ1) is 11.5. The molecule has 1 fully saturated rings. The number of rotatable bonds is 2. The van der Waals surface area contributed by atoms with Crippen LogP contribution < -0.4 is 0 Å². The highest BCUT2D eigenvalue weighted by Gasteiger charge is 2.24. The van der Waals surface area contributed by atoms with Crippen LogP contribution in [0.3, 0.4) is 0 Å². The second-order valence-electron chi connectivity index (χ2n) is 3.00. The Morgan fingerprint density at radius 3 is 2.93 bits per heavy atom. The van der Waals surface area contributed by atoms with E-state index in [2.05, 4.69) is 4.74 Å². The number of methoxy groups -OCH3 is 1. The highest BCUT2D eigenvalue weighted by atomic mass is 16.5. The van der Waals surface area contributed by atoms with Gasteiger partial charge in [0.05, 0.1) is 26.4 Å². The number of morpholine rings is 1. The van der Waals surface area contributed by atoms with Gasteiger partial charge in [0.1, 0.15) is 0 Å². The first-order chi connectivity index (χ1) is 7.15. The Bertz CT molecular complexity index is 276. The van der Waals surface area contributed by atoms with Crippen molar-refractivity contribution in [3.8, 4) is 0 Å². The van der Waals surface area contributed by atoms with Gasteiger partial charge in [0.15, 0.2) is 0 Å². The summed E-state index contributed by atoms with van der Waals surface area (Å²) in [5.74, 6) is -0.508. The minimum absolute atomic E-state index is 0.264. The van der Waals surface area contributed by atoms with Crippen molar-refractivity contribution in [3.05, 3.63) is 12.2 Å². The molecule has 0 aromatic heterocycles. The number of hydrogen-bond donors (Lipinski definition) is 1. The van der Waals surface area contributed by atoms with Crippen LogP contribution in [0.1, 0.15) is 0 Å². The summed E-state index contributed by atoms with van der Waals surface area (Å²) in [6.45, 7) is 0.959. The lowest BCUT2D eigenvalue weighted by Crippen LogP contribution is -2.47. The Morgan fingerprint density at radius 2 is 2.33 bits per heavy atom. The quantitative estimate of drug-likeness (QED) is 0.522. The average molecular weight is 215 g/mol. The molecular weight excluding hydrogens is 202 g/mol. The zero-order valence-electron chi connectivity index (χ0n) is 8.38. The SMILES string of the molecule is COC(=O)/C=C/[C@@H]1COCCN1C(=O)O. The zero-order valence-corrected chi connectivity index (χ0v) is 8.38. The number of carboxylic acid groups (broad SMARTS) is 1. The first-order valence-electron chi connectivity index (χ1n) is 4.48. The van der Waals surface area contributed by atoms with E-state index in [1.165, 1.54) is 24.2 Å². The maximum atomic E-state index is 10.8. The normalized spacial score (nSPS) is 21.7. The molecule has 1 amide bonds. The fraction of sp³-hybridized carbons (Fsp3) is 0.556. The second kappa shape index (κ2) is 5.35. The fourth-order valence-corrected chi connectivity index (χ4v) is 1.28. The highest BCUT2D eigenvalue weighted by molar-refractivity contribution is 5.82. The van der Waals surface area contributed by atoms with E-state index in [1.54, 1.807) is 0 Å². The Morgan fingerprint density at radius 1 is 1.60 bits per heavy atom. The molecule has 1 atom stereocenters. The molecule has 0 saturated carbocycles. The summed E-state index contributed by atoms with van der Waals surface area (Å²) in [7, 11) is 1.26. The minimum atomic E-state index is -1.02. The largest absolute Gasteiger partial charge is 0.466 e. The third-order valence-corrected chi connectivity index (χ3v) is 2.07. The van der Waals surface area contributed by atoms with Crippen LogP contribution in [0.2, 0.25) is 0 Å². The molecule has 1 rings (SSSR count). The lowest BCUT2D eigenvalue weighted by atomic mass is 10.2. The Labute approximate surface area is 87.1 Å². The van der Waals surface area contributed by atoms with Crippen LogP contribution in [0, 0.1) is 0 Å². The molecule has 15 heavy (non-hydrogen) atoms. The third kappa shape index (κ3) is 3.25. The van der Waals surface area contributed by atoms with E-state index in [-0.39, 0.29) is 6.61 Å². The Balaban J connectivity index is 2.60. The fourth-order valence-electron chi connectivity index (χ4n) is 1.28.